The van der Waals surface area contributed by atoms with E-state index < -0.39 is 4.84 Å². The van der Waals surface area contributed by atoms with Gasteiger partial charge < -0.3 is 9.64 Å². The highest BCUT2D eigenvalue weighted by molar-refractivity contribution is 6.53. The molecule has 1 aliphatic rings. The highest BCUT2D eigenvalue weighted by atomic mass is 35.5. The molecule has 3 atom stereocenters. The standard InChI is InChI=1S/C10H17Cl2NO2/c1-4-5-8-13(10(14)9(11)12)6(2)7(3)15-8/h6-9H,4-5H2,1-3H3. The molecule has 0 aliphatic carbocycles. The summed E-state index contributed by atoms with van der Waals surface area (Å²) in [6.45, 7) is 5.96. The van der Waals surface area contributed by atoms with Crippen molar-refractivity contribution in [2.24, 2.45) is 0 Å². The molecule has 1 saturated heterocycles. The van der Waals surface area contributed by atoms with Crippen LogP contribution in [0.25, 0.3) is 0 Å². The smallest absolute Gasteiger partial charge is 0.258 e. The molecule has 0 bridgehead atoms. The molecule has 1 aliphatic heterocycles. The summed E-state index contributed by atoms with van der Waals surface area (Å²) in [5, 5.41) is 0. The molecule has 0 radical (unpaired) electrons. The van der Waals surface area contributed by atoms with Crippen LogP contribution in [0.1, 0.15) is 33.6 Å². The van der Waals surface area contributed by atoms with Crippen LogP contribution < -0.4 is 0 Å². The third kappa shape index (κ3) is 2.77. The molecule has 1 heterocycles. The maximum atomic E-state index is 11.8. The van der Waals surface area contributed by atoms with Gasteiger partial charge in [0.2, 0.25) is 0 Å². The predicted octanol–water partition coefficient (Wildman–Crippen LogP) is 2.55. The first-order valence-electron chi connectivity index (χ1n) is 5.24. The van der Waals surface area contributed by atoms with Gasteiger partial charge in [-0.2, -0.15) is 0 Å². The maximum absolute atomic E-state index is 11.8. The molecule has 1 rings (SSSR count). The molecular weight excluding hydrogens is 237 g/mol. The maximum Gasteiger partial charge on any atom is 0.258 e. The minimum absolute atomic E-state index is 0.0362. The summed E-state index contributed by atoms with van der Waals surface area (Å²) in [7, 11) is 0. The van der Waals surface area contributed by atoms with E-state index >= 15 is 0 Å². The number of halogens is 2. The highest BCUT2D eigenvalue weighted by Crippen LogP contribution is 2.28. The summed E-state index contributed by atoms with van der Waals surface area (Å²) in [5.74, 6) is -0.256. The molecule has 0 aromatic heterocycles. The Labute approximate surface area is 101 Å². The second-order valence-electron chi connectivity index (χ2n) is 3.87. The largest absolute Gasteiger partial charge is 0.353 e. The average Bonchev–Trinajstić information content (AvgIpc) is 2.42. The number of carbonyl (C=O) groups excluding carboxylic acids is 1. The Bertz CT molecular complexity index is 235. The zero-order valence-corrected chi connectivity index (χ0v) is 10.8. The number of carbonyl (C=O) groups is 1. The summed E-state index contributed by atoms with van der Waals surface area (Å²) in [6, 6.07) is 0.0362. The molecule has 0 saturated carbocycles. The van der Waals surface area contributed by atoms with Crippen molar-refractivity contribution in [2.75, 3.05) is 0 Å². The van der Waals surface area contributed by atoms with E-state index in [-0.39, 0.29) is 24.3 Å². The second-order valence-corrected chi connectivity index (χ2v) is 4.97. The van der Waals surface area contributed by atoms with Gasteiger partial charge >= 0.3 is 0 Å². The van der Waals surface area contributed by atoms with Crippen LogP contribution in [0.3, 0.4) is 0 Å². The van der Waals surface area contributed by atoms with Gasteiger partial charge in [-0.3, -0.25) is 4.79 Å². The van der Waals surface area contributed by atoms with Gasteiger partial charge in [0.05, 0.1) is 12.1 Å². The van der Waals surface area contributed by atoms with Crippen LogP contribution in [0.15, 0.2) is 0 Å². The van der Waals surface area contributed by atoms with Crippen molar-refractivity contribution in [3.8, 4) is 0 Å². The average molecular weight is 254 g/mol. The molecule has 3 unspecified atom stereocenters. The zero-order valence-electron chi connectivity index (χ0n) is 9.24. The zero-order chi connectivity index (χ0) is 11.6. The fraction of sp³-hybridized carbons (Fsp3) is 0.900. The summed E-state index contributed by atoms with van der Waals surface area (Å²) in [4.78, 5) is 12.4. The van der Waals surface area contributed by atoms with Crippen molar-refractivity contribution in [3.63, 3.8) is 0 Å². The topological polar surface area (TPSA) is 29.5 Å². The molecule has 5 heteroatoms. The van der Waals surface area contributed by atoms with Crippen LogP contribution in [-0.4, -0.2) is 34.0 Å². The van der Waals surface area contributed by atoms with E-state index in [0.717, 1.165) is 12.8 Å². The molecular formula is C10H17Cl2NO2. The third-order valence-electron chi connectivity index (χ3n) is 2.78. The van der Waals surface area contributed by atoms with Crippen molar-refractivity contribution in [3.05, 3.63) is 0 Å². The van der Waals surface area contributed by atoms with Gasteiger partial charge in [-0.25, -0.2) is 0 Å². The third-order valence-corrected chi connectivity index (χ3v) is 3.15. The molecule has 0 aromatic carbocycles. The van der Waals surface area contributed by atoms with Crippen molar-refractivity contribution >= 4 is 29.1 Å². The van der Waals surface area contributed by atoms with Crippen LogP contribution in [0.5, 0.6) is 0 Å². The lowest BCUT2D eigenvalue weighted by Crippen LogP contribution is -2.44. The number of hydrogen-bond acceptors (Lipinski definition) is 2. The molecule has 3 nitrogen and oxygen atoms in total. The van der Waals surface area contributed by atoms with E-state index in [1.807, 2.05) is 13.8 Å². The number of hydrogen-bond donors (Lipinski definition) is 0. The first-order chi connectivity index (χ1) is 6.99. The molecule has 0 aromatic rings. The Morgan fingerprint density at radius 2 is 2.07 bits per heavy atom. The van der Waals surface area contributed by atoms with Gasteiger partial charge in [-0.1, -0.05) is 36.5 Å². The van der Waals surface area contributed by atoms with E-state index in [4.69, 9.17) is 27.9 Å². The lowest BCUT2D eigenvalue weighted by Gasteiger charge is -2.26. The summed E-state index contributed by atoms with van der Waals surface area (Å²) >= 11 is 11.2. The van der Waals surface area contributed by atoms with Gasteiger partial charge in [-0.15, -0.1) is 0 Å². The highest BCUT2D eigenvalue weighted by Gasteiger charge is 2.40. The van der Waals surface area contributed by atoms with Crippen LogP contribution in [0.2, 0.25) is 0 Å². The van der Waals surface area contributed by atoms with Gasteiger partial charge in [0, 0.05) is 0 Å². The second kappa shape index (κ2) is 5.37. The Balaban J connectivity index is 2.76. The summed E-state index contributed by atoms with van der Waals surface area (Å²) in [5.41, 5.74) is 0. The first-order valence-corrected chi connectivity index (χ1v) is 6.12. The van der Waals surface area contributed by atoms with E-state index in [1.165, 1.54) is 0 Å². The summed E-state index contributed by atoms with van der Waals surface area (Å²) < 4.78 is 5.69. The van der Waals surface area contributed by atoms with Gasteiger partial charge in [0.25, 0.3) is 5.91 Å². The number of amides is 1. The Hall–Kier alpha value is 0.01000. The fourth-order valence-corrected chi connectivity index (χ4v) is 2.05. The molecule has 1 fully saturated rings. The van der Waals surface area contributed by atoms with Crippen molar-refractivity contribution in [2.45, 2.75) is 56.8 Å². The van der Waals surface area contributed by atoms with Gasteiger partial charge in [-0.05, 0) is 20.3 Å². The Morgan fingerprint density at radius 1 is 1.47 bits per heavy atom. The first kappa shape index (κ1) is 13.1. The Morgan fingerprint density at radius 3 is 2.53 bits per heavy atom. The van der Waals surface area contributed by atoms with E-state index in [9.17, 15) is 4.79 Å². The van der Waals surface area contributed by atoms with Gasteiger partial charge in [0.15, 0.2) is 4.84 Å². The molecule has 15 heavy (non-hydrogen) atoms. The minimum atomic E-state index is -0.999. The lowest BCUT2D eigenvalue weighted by atomic mass is 10.2. The Kier molecular flexibility index (Phi) is 4.68. The number of nitrogens with zero attached hydrogens (tertiary/aromatic N) is 1. The lowest BCUT2D eigenvalue weighted by molar-refractivity contribution is -0.136. The van der Waals surface area contributed by atoms with Crippen LogP contribution in [-0.2, 0) is 9.53 Å². The van der Waals surface area contributed by atoms with Crippen LogP contribution >= 0.6 is 23.2 Å². The molecule has 88 valence electrons. The number of rotatable bonds is 3. The summed E-state index contributed by atoms with van der Waals surface area (Å²) in [6.07, 6.45) is 1.65. The van der Waals surface area contributed by atoms with Gasteiger partial charge in [0.1, 0.15) is 6.23 Å². The molecule has 0 spiro atoms. The fourth-order valence-electron chi connectivity index (χ4n) is 1.82. The van der Waals surface area contributed by atoms with Crippen molar-refractivity contribution in [1.29, 1.82) is 0 Å². The van der Waals surface area contributed by atoms with Crippen molar-refractivity contribution < 1.29 is 9.53 Å². The molecule has 0 N–H and O–H groups in total. The normalized spacial score (nSPS) is 31.3. The number of alkyl halides is 2. The minimum Gasteiger partial charge on any atom is -0.353 e. The van der Waals surface area contributed by atoms with E-state index in [1.54, 1.807) is 4.90 Å². The number of ether oxygens (including phenoxy) is 1. The van der Waals surface area contributed by atoms with E-state index in [0.29, 0.717) is 0 Å². The van der Waals surface area contributed by atoms with Crippen LogP contribution in [0.4, 0.5) is 0 Å². The van der Waals surface area contributed by atoms with Crippen LogP contribution in [0, 0.1) is 0 Å². The predicted molar refractivity (Wildman–Crippen MR) is 61.0 cm³/mol. The SMILES string of the molecule is CCCC1OC(C)C(C)N1C(=O)C(Cl)Cl. The van der Waals surface area contributed by atoms with E-state index in [2.05, 4.69) is 6.92 Å². The quantitative estimate of drug-likeness (QED) is 0.724. The monoisotopic (exact) mass is 253 g/mol. The molecule has 1 amide bonds. The van der Waals surface area contributed by atoms with Crippen molar-refractivity contribution in [1.82, 2.24) is 4.90 Å².